The molecule has 0 unspecified atom stereocenters. The van der Waals surface area contributed by atoms with Crippen LogP contribution in [-0.4, -0.2) is 24.6 Å². The first-order chi connectivity index (χ1) is 16.5. The second kappa shape index (κ2) is 10.3. The first-order valence-electron chi connectivity index (χ1n) is 10.8. The lowest BCUT2D eigenvalue weighted by Gasteiger charge is -2.20. The molecule has 4 aromatic rings. The Morgan fingerprint density at radius 1 is 1.06 bits per heavy atom. The number of hydrogen-bond acceptors (Lipinski definition) is 5. The third kappa shape index (κ3) is 4.84. The van der Waals surface area contributed by atoms with Crippen LogP contribution in [0, 0.1) is 0 Å². The number of aromatic nitrogens is 2. The largest absolute Gasteiger partial charge is 0.423 e. The number of thiol groups is 1. The summed E-state index contributed by atoms with van der Waals surface area (Å²) in [7, 11) is -2.60. The first-order valence-corrected chi connectivity index (χ1v) is 12.2. The summed E-state index contributed by atoms with van der Waals surface area (Å²) in [6.45, 7) is 5.53. The van der Waals surface area contributed by atoms with Gasteiger partial charge in [0.1, 0.15) is 16.5 Å². The zero-order chi connectivity index (χ0) is 24.1. The highest BCUT2D eigenvalue weighted by Gasteiger charge is 2.20. The van der Waals surface area contributed by atoms with Crippen molar-refractivity contribution in [2.24, 2.45) is 0 Å². The van der Waals surface area contributed by atoms with Crippen molar-refractivity contribution < 1.29 is 17.9 Å². The molecule has 0 saturated heterocycles. The lowest BCUT2D eigenvalue weighted by Crippen LogP contribution is -2.06. The number of esters is 1. The van der Waals surface area contributed by atoms with E-state index in [0.29, 0.717) is 12.2 Å². The molecule has 0 atom stereocenters. The van der Waals surface area contributed by atoms with Crippen molar-refractivity contribution in [2.45, 2.75) is 19.1 Å². The molecule has 1 N–H and O–H groups in total. The van der Waals surface area contributed by atoms with Crippen LogP contribution in [0.1, 0.15) is 35.6 Å². The van der Waals surface area contributed by atoms with Gasteiger partial charge in [-0.25, -0.2) is 13.2 Å². The van der Waals surface area contributed by atoms with Crippen LogP contribution in [-0.2, 0) is 21.3 Å². The Hall–Kier alpha value is -3.97. The van der Waals surface area contributed by atoms with Gasteiger partial charge in [-0.3, -0.25) is 5.10 Å². The quantitative estimate of drug-likeness (QED) is 0.122. The number of H-pyrrole nitrogens is 1. The number of benzene rings is 3. The molecule has 0 aliphatic heterocycles. The van der Waals surface area contributed by atoms with E-state index in [1.165, 1.54) is 0 Å². The standard InChI is InChI=1S/C27H24N2O4S/c1-3-21(22-10-6-5-9-19(22)17-34(31)32)27(18-13-14-24-20(15-18)16-28-29-24)23-11-7-8-12-25(23)33-26(30)4-2/h4-16,34H,2-3,17H2,1H3,(H,28,29)/b27-21+. The van der Waals surface area contributed by atoms with Crippen molar-refractivity contribution >= 4 is 38.7 Å². The zero-order valence-electron chi connectivity index (χ0n) is 18.7. The maximum Gasteiger partial charge on any atom is 0.335 e. The Balaban J connectivity index is 2.05. The smallest absolute Gasteiger partial charge is 0.335 e. The Bertz CT molecular complexity index is 1470. The van der Waals surface area contributed by atoms with Crippen LogP contribution in [0.5, 0.6) is 5.75 Å². The predicted molar refractivity (Wildman–Crippen MR) is 135 cm³/mol. The second-order valence-corrected chi connectivity index (χ2v) is 8.63. The monoisotopic (exact) mass is 472 g/mol. The molecule has 0 fully saturated rings. The number of ether oxygens (including phenoxy) is 1. The van der Waals surface area contributed by atoms with Gasteiger partial charge < -0.3 is 4.74 Å². The van der Waals surface area contributed by atoms with E-state index in [1.807, 2.05) is 61.5 Å². The molecular weight excluding hydrogens is 448 g/mol. The number of fused-ring (bicyclic) bond motifs is 1. The fraction of sp³-hybridized carbons (Fsp3) is 0.111. The fourth-order valence-corrected chi connectivity index (χ4v) is 4.65. The van der Waals surface area contributed by atoms with Gasteiger partial charge in [-0.1, -0.05) is 62.0 Å². The van der Waals surface area contributed by atoms with Crippen molar-refractivity contribution in [1.82, 2.24) is 10.2 Å². The maximum atomic E-state index is 12.1. The van der Waals surface area contributed by atoms with Gasteiger partial charge in [-0.05, 0) is 52.5 Å². The fourth-order valence-electron chi connectivity index (χ4n) is 4.10. The number of para-hydroxylation sites is 1. The van der Waals surface area contributed by atoms with Crippen LogP contribution in [0.3, 0.4) is 0 Å². The Kier molecular flexibility index (Phi) is 7.04. The highest BCUT2D eigenvalue weighted by molar-refractivity contribution is 7.71. The number of hydrogen-bond donors (Lipinski definition) is 2. The Labute approximate surface area is 199 Å². The number of nitrogens with one attached hydrogen (secondary N) is 1. The molecule has 0 amide bonds. The number of nitrogens with zero attached hydrogens (tertiary/aromatic N) is 1. The molecule has 0 aliphatic rings. The molecule has 34 heavy (non-hydrogen) atoms. The summed E-state index contributed by atoms with van der Waals surface area (Å²) in [5, 5.41) is 8.02. The molecule has 0 radical (unpaired) electrons. The van der Waals surface area contributed by atoms with Crippen molar-refractivity contribution in [3.05, 3.63) is 108 Å². The van der Waals surface area contributed by atoms with Crippen molar-refractivity contribution in [1.29, 1.82) is 0 Å². The number of allylic oxidation sites excluding steroid dienone is 1. The summed E-state index contributed by atoms with van der Waals surface area (Å²) < 4.78 is 28.8. The van der Waals surface area contributed by atoms with Gasteiger partial charge in [-0.15, -0.1) is 0 Å². The molecule has 172 valence electrons. The SMILES string of the molecule is C=CC(=O)Oc1ccccc1/C(=C(\CC)c1ccccc1C[SH](=O)=O)c1ccc2[nH]ncc2c1. The summed E-state index contributed by atoms with van der Waals surface area (Å²) >= 11 is 0. The molecule has 7 heteroatoms. The molecule has 1 heterocycles. The molecule has 3 aromatic carbocycles. The summed E-state index contributed by atoms with van der Waals surface area (Å²) in [6.07, 6.45) is 3.50. The number of rotatable bonds is 8. The van der Waals surface area contributed by atoms with Crippen LogP contribution in [0.25, 0.3) is 22.0 Å². The molecular formula is C27H24N2O4S. The van der Waals surface area contributed by atoms with E-state index >= 15 is 0 Å². The molecule has 4 rings (SSSR count). The minimum atomic E-state index is -2.60. The average Bonchev–Trinajstić information content (AvgIpc) is 3.31. The van der Waals surface area contributed by atoms with Crippen LogP contribution >= 0.6 is 0 Å². The normalized spacial score (nSPS) is 11.9. The number of aromatic amines is 1. The Morgan fingerprint density at radius 3 is 2.53 bits per heavy atom. The molecule has 1 aromatic heterocycles. The van der Waals surface area contributed by atoms with E-state index < -0.39 is 16.7 Å². The first kappa shape index (κ1) is 23.2. The lowest BCUT2D eigenvalue weighted by molar-refractivity contribution is -0.128. The summed E-state index contributed by atoms with van der Waals surface area (Å²) in [6, 6.07) is 20.8. The third-order valence-corrected chi connectivity index (χ3v) is 6.16. The Morgan fingerprint density at radius 2 is 1.79 bits per heavy atom. The van der Waals surface area contributed by atoms with Gasteiger partial charge in [0.15, 0.2) is 0 Å². The highest BCUT2D eigenvalue weighted by Crippen LogP contribution is 2.40. The molecule has 0 aliphatic carbocycles. The summed E-state index contributed by atoms with van der Waals surface area (Å²) in [4.78, 5) is 12.1. The minimum absolute atomic E-state index is 0.0594. The van der Waals surface area contributed by atoms with Gasteiger partial charge >= 0.3 is 5.97 Å². The van der Waals surface area contributed by atoms with Crippen LogP contribution in [0.4, 0.5) is 0 Å². The summed E-state index contributed by atoms with van der Waals surface area (Å²) in [5.74, 6) is -0.220. The van der Waals surface area contributed by atoms with Crippen LogP contribution in [0.15, 0.2) is 85.6 Å². The van der Waals surface area contributed by atoms with Crippen LogP contribution in [0.2, 0.25) is 0 Å². The topological polar surface area (TPSA) is 89.1 Å². The van der Waals surface area contributed by atoms with E-state index in [-0.39, 0.29) is 5.75 Å². The number of carbonyl (C=O) groups excluding carboxylic acids is 1. The van der Waals surface area contributed by atoms with Gasteiger partial charge in [-0.2, -0.15) is 5.10 Å². The van der Waals surface area contributed by atoms with E-state index in [0.717, 1.165) is 50.4 Å². The van der Waals surface area contributed by atoms with Gasteiger partial charge in [0.05, 0.1) is 17.5 Å². The van der Waals surface area contributed by atoms with Gasteiger partial charge in [0.25, 0.3) is 0 Å². The van der Waals surface area contributed by atoms with E-state index in [4.69, 9.17) is 4.74 Å². The second-order valence-electron chi connectivity index (χ2n) is 7.65. The predicted octanol–water partition coefficient (Wildman–Crippen LogP) is 5.13. The van der Waals surface area contributed by atoms with Gasteiger partial charge in [0.2, 0.25) is 0 Å². The van der Waals surface area contributed by atoms with E-state index in [2.05, 4.69) is 16.8 Å². The highest BCUT2D eigenvalue weighted by atomic mass is 32.2. The third-order valence-electron chi connectivity index (χ3n) is 5.56. The molecule has 6 nitrogen and oxygen atoms in total. The minimum Gasteiger partial charge on any atom is -0.423 e. The van der Waals surface area contributed by atoms with Crippen molar-refractivity contribution in [3.8, 4) is 5.75 Å². The van der Waals surface area contributed by atoms with Crippen LogP contribution < -0.4 is 4.74 Å². The van der Waals surface area contributed by atoms with Crippen molar-refractivity contribution in [3.63, 3.8) is 0 Å². The lowest BCUT2D eigenvalue weighted by atomic mass is 9.86. The number of carbonyl (C=O) groups is 1. The zero-order valence-corrected chi connectivity index (χ0v) is 19.5. The molecule has 0 saturated carbocycles. The van der Waals surface area contributed by atoms with E-state index in [1.54, 1.807) is 18.3 Å². The molecule has 0 bridgehead atoms. The molecule has 0 spiro atoms. The summed E-state index contributed by atoms with van der Waals surface area (Å²) in [5.41, 5.74) is 5.88. The van der Waals surface area contributed by atoms with E-state index in [9.17, 15) is 13.2 Å². The van der Waals surface area contributed by atoms with Gasteiger partial charge in [0, 0.05) is 17.0 Å². The maximum absolute atomic E-state index is 12.1. The average molecular weight is 473 g/mol. The van der Waals surface area contributed by atoms with Crippen molar-refractivity contribution in [2.75, 3.05) is 0 Å².